The monoisotopic (exact) mass is 493 g/mol. The summed E-state index contributed by atoms with van der Waals surface area (Å²) >= 11 is 0. The van der Waals surface area contributed by atoms with E-state index < -0.39 is 6.04 Å². The van der Waals surface area contributed by atoms with Gasteiger partial charge in [0, 0.05) is 0 Å². The second-order valence-corrected chi connectivity index (χ2v) is 10.6. The van der Waals surface area contributed by atoms with Gasteiger partial charge in [0.05, 0.1) is 44.1 Å². The molecule has 1 aromatic carbocycles. The molecule has 0 spiro atoms. The molecular weight excluding hydrogens is 458 g/mol. The number of furan rings is 1. The lowest BCUT2D eigenvalue weighted by Gasteiger charge is -2.37. The zero-order valence-corrected chi connectivity index (χ0v) is 21.5. The van der Waals surface area contributed by atoms with Crippen molar-refractivity contribution in [1.82, 2.24) is 4.90 Å². The highest BCUT2D eigenvalue weighted by atomic mass is 16.5. The number of nitrogens with zero attached hydrogens (tertiary/aromatic N) is 1. The number of ether oxygens (including phenoxy) is 3. The molecule has 4 atom stereocenters. The molecule has 1 saturated carbocycles. The number of methoxy groups -OCH3 is 1. The summed E-state index contributed by atoms with van der Waals surface area (Å²) in [6.45, 7) is 7.31. The van der Waals surface area contributed by atoms with Crippen molar-refractivity contribution in [3.63, 3.8) is 0 Å². The van der Waals surface area contributed by atoms with Gasteiger partial charge >= 0.3 is 0 Å². The fraction of sp³-hybridized carbons (Fsp3) is 0.517. The Hall–Kier alpha value is -3.22. The Bertz CT molecular complexity index is 1150. The maximum Gasteiger partial charge on any atom is 0.290 e. The number of ketones is 1. The van der Waals surface area contributed by atoms with Crippen LogP contribution >= 0.6 is 0 Å². The normalized spacial score (nSPS) is 25.6. The Labute approximate surface area is 212 Å². The average molecular weight is 494 g/mol. The van der Waals surface area contributed by atoms with E-state index in [2.05, 4.69) is 20.8 Å². The highest BCUT2D eigenvalue weighted by Crippen LogP contribution is 2.49. The van der Waals surface area contributed by atoms with Gasteiger partial charge in [0.25, 0.3) is 5.91 Å². The molecule has 0 radical (unpaired) electrons. The zero-order valence-electron chi connectivity index (χ0n) is 21.5. The van der Waals surface area contributed by atoms with Crippen LogP contribution in [0.25, 0.3) is 0 Å². The van der Waals surface area contributed by atoms with Crippen LogP contribution in [-0.4, -0.2) is 36.4 Å². The molecule has 7 nitrogen and oxygen atoms in total. The molecular formula is C29H35NO6. The molecule has 1 amide bonds. The molecule has 1 aromatic heterocycles. The van der Waals surface area contributed by atoms with E-state index in [9.17, 15) is 9.59 Å². The van der Waals surface area contributed by atoms with Crippen LogP contribution in [0.1, 0.15) is 63.8 Å². The number of hydrogen-bond donors (Lipinski definition) is 0. The van der Waals surface area contributed by atoms with Crippen LogP contribution in [0.3, 0.4) is 0 Å². The first-order valence-electron chi connectivity index (χ1n) is 13.0. The molecule has 0 bridgehead atoms. The first kappa shape index (κ1) is 24.5. The topological polar surface area (TPSA) is 78.2 Å². The number of benzene rings is 1. The molecule has 2 aliphatic heterocycles. The lowest BCUT2D eigenvalue weighted by molar-refractivity contribution is -0.136. The Morgan fingerprint density at radius 3 is 2.69 bits per heavy atom. The maximum atomic E-state index is 13.9. The summed E-state index contributed by atoms with van der Waals surface area (Å²) in [6.07, 6.45) is 4.86. The molecule has 1 aliphatic carbocycles. The van der Waals surface area contributed by atoms with Gasteiger partial charge in [0.2, 0.25) is 0 Å². The number of carbonyl (C=O) groups excluding carboxylic acids is 2. The van der Waals surface area contributed by atoms with E-state index in [0.717, 1.165) is 31.2 Å². The van der Waals surface area contributed by atoms with E-state index in [1.165, 1.54) is 0 Å². The van der Waals surface area contributed by atoms with E-state index in [4.69, 9.17) is 18.6 Å². The van der Waals surface area contributed by atoms with E-state index in [-0.39, 0.29) is 36.0 Å². The highest BCUT2D eigenvalue weighted by Gasteiger charge is 2.52. The predicted molar refractivity (Wildman–Crippen MR) is 133 cm³/mol. The van der Waals surface area contributed by atoms with Crippen molar-refractivity contribution in [3.8, 4) is 11.5 Å². The van der Waals surface area contributed by atoms with Crippen LogP contribution < -0.4 is 9.47 Å². The average Bonchev–Trinajstić information content (AvgIpc) is 3.47. The minimum atomic E-state index is -0.582. The quantitative estimate of drug-likeness (QED) is 0.486. The fourth-order valence-corrected chi connectivity index (χ4v) is 5.58. The van der Waals surface area contributed by atoms with Crippen LogP contribution in [0, 0.1) is 17.8 Å². The van der Waals surface area contributed by atoms with Gasteiger partial charge < -0.3 is 23.5 Å². The summed E-state index contributed by atoms with van der Waals surface area (Å²) in [4.78, 5) is 29.2. The largest absolute Gasteiger partial charge is 0.493 e. The molecule has 5 rings (SSSR count). The van der Waals surface area contributed by atoms with Crippen molar-refractivity contribution >= 4 is 11.7 Å². The summed E-state index contributed by atoms with van der Waals surface area (Å²) in [6, 6.07) is 8.69. The van der Waals surface area contributed by atoms with Gasteiger partial charge in [0.1, 0.15) is 11.9 Å². The van der Waals surface area contributed by atoms with Gasteiger partial charge in [-0.25, -0.2) is 0 Å². The van der Waals surface area contributed by atoms with Crippen LogP contribution in [0.5, 0.6) is 11.5 Å². The highest BCUT2D eigenvalue weighted by molar-refractivity contribution is 6.11. The minimum absolute atomic E-state index is 0.0318. The van der Waals surface area contributed by atoms with Crippen molar-refractivity contribution in [2.24, 2.45) is 17.8 Å². The number of fused-ring (bicyclic) bond motifs is 1. The number of carbonyl (C=O) groups is 2. The summed E-state index contributed by atoms with van der Waals surface area (Å²) < 4.78 is 23.5. The van der Waals surface area contributed by atoms with Crippen molar-refractivity contribution in [3.05, 3.63) is 59.3 Å². The van der Waals surface area contributed by atoms with Gasteiger partial charge in [-0.3, -0.25) is 9.59 Å². The van der Waals surface area contributed by atoms with Gasteiger partial charge in [-0.2, -0.15) is 0 Å². The lowest BCUT2D eigenvalue weighted by atomic mass is 9.74. The van der Waals surface area contributed by atoms with Gasteiger partial charge in [-0.05, 0) is 67.3 Å². The van der Waals surface area contributed by atoms with E-state index >= 15 is 0 Å². The Kier molecular flexibility index (Phi) is 6.82. The lowest BCUT2D eigenvalue weighted by Crippen LogP contribution is -2.41. The van der Waals surface area contributed by atoms with Crippen LogP contribution in [0.2, 0.25) is 0 Å². The van der Waals surface area contributed by atoms with Gasteiger partial charge in [0.15, 0.2) is 23.0 Å². The molecule has 0 N–H and O–H groups in total. The van der Waals surface area contributed by atoms with E-state index in [0.29, 0.717) is 41.3 Å². The number of amides is 1. The Morgan fingerprint density at radius 1 is 1.14 bits per heavy atom. The summed E-state index contributed by atoms with van der Waals surface area (Å²) in [5.41, 5.74) is 1.24. The van der Waals surface area contributed by atoms with Crippen LogP contribution in [0.4, 0.5) is 0 Å². The third-order valence-corrected chi connectivity index (χ3v) is 7.57. The summed E-state index contributed by atoms with van der Waals surface area (Å²) in [5.74, 6) is 2.59. The smallest absolute Gasteiger partial charge is 0.290 e. The minimum Gasteiger partial charge on any atom is -0.493 e. The van der Waals surface area contributed by atoms with Crippen LogP contribution in [-0.2, 0) is 20.9 Å². The second kappa shape index (κ2) is 10.0. The molecule has 4 unspecified atom stereocenters. The summed E-state index contributed by atoms with van der Waals surface area (Å²) in [7, 11) is 1.60. The van der Waals surface area contributed by atoms with Crippen molar-refractivity contribution in [2.75, 3.05) is 13.7 Å². The molecule has 7 heteroatoms. The molecule has 1 fully saturated rings. The molecule has 192 valence electrons. The molecule has 3 heterocycles. The Morgan fingerprint density at radius 2 is 1.97 bits per heavy atom. The number of rotatable bonds is 8. The third kappa shape index (κ3) is 4.51. The number of hydrogen-bond acceptors (Lipinski definition) is 6. The zero-order chi connectivity index (χ0) is 25.4. The first-order valence-corrected chi connectivity index (χ1v) is 13.0. The molecule has 2 aromatic rings. The third-order valence-electron chi connectivity index (χ3n) is 7.57. The Balaban J connectivity index is 1.52. The second-order valence-electron chi connectivity index (χ2n) is 10.6. The predicted octanol–water partition coefficient (Wildman–Crippen LogP) is 5.45. The van der Waals surface area contributed by atoms with Gasteiger partial charge in [-0.1, -0.05) is 26.8 Å². The van der Waals surface area contributed by atoms with Crippen molar-refractivity contribution < 1.29 is 28.2 Å². The first-order chi connectivity index (χ1) is 17.4. The van der Waals surface area contributed by atoms with Crippen molar-refractivity contribution in [1.29, 1.82) is 0 Å². The molecule has 3 aliphatic rings. The molecule has 36 heavy (non-hydrogen) atoms. The fourth-order valence-electron chi connectivity index (χ4n) is 5.58. The summed E-state index contributed by atoms with van der Waals surface area (Å²) in [5, 5.41) is 0. The number of Topliss-reactive ketones (excluding diaryl/α,β-unsaturated/α-hetero) is 1. The maximum absolute atomic E-state index is 13.9. The van der Waals surface area contributed by atoms with E-state index in [1.807, 2.05) is 24.3 Å². The molecule has 0 saturated heterocycles. The standard InChI is InChI=1S/C29H35NO6/c1-17(2)11-13-35-23-10-8-19(15-24(23)33-4)26-25-27(31)21-14-18(3)7-9-22(21)36-28(25)29(32)30(26)16-20-6-5-12-34-20/h5-6,8,10,12,15,17-18,21-22,26H,7,9,11,13-14,16H2,1-4H3. The van der Waals surface area contributed by atoms with Gasteiger partial charge in [-0.15, -0.1) is 0 Å². The SMILES string of the molecule is COc1cc(C2C3=C(OC4CCC(C)CC4C3=O)C(=O)N2Cc2ccco2)ccc1OCCC(C)C. The van der Waals surface area contributed by atoms with E-state index in [1.54, 1.807) is 24.3 Å². The van der Waals surface area contributed by atoms with Crippen LogP contribution in [0.15, 0.2) is 52.3 Å². The van der Waals surface area contributed by atoms with Crippen molar-refractivity contribution in [2.45, 2.75) is 65.1 Å².